The molecule has 3 atom stereocenters. The quantitative estimate of drug-likeness (QED) is 0.163. The Morgan fingerprint density at radius 1 is 0.627 bits per heavy atom. The second-order valence-electron chi connectivity index (χ2n) is 14.8. The summed E-state index contributed by atoms with van der Waals surface area (Å²) in [4.78, 5) is 0. The van der Waals surface area contributed by atoms with E-state index in [0.29, 0.717) is 11.8 Å². The van der Waals surface area contributed by atoms with E-state index < -0.39 is 0 Å². The lowest BCUT2D eigenvalue weighted by Crippen LogP contribution is -2.44. The van der Waals surface area contributed by atoms with Crippen LogP contribution in [0.3, 0.4) is 0 Å². The summed E-state index contributed by atoms with van der Waals surface area (Å²) in [6.07, 6.45) is 22.6. The lowest BCUT2D eigenvalue weighted by atomic mass is 9.65. The summed E-state index contributed by atoms with van der Waals surface area (Å²) in [7, 11) is 0. The molecule has 2 aromatic heterocycles. The smallest absolute Gasteiger partial charge is 0.0746 e. The Balaban J connectivity index is 1.33. The van der Waals surface area contributed by atoms with Crippen LogP contribution in [0, 0.1) is 11.8 Å². The third kappa shape index (κ3) is 4.55. The van der Waals surface area contributed by atoms with Crippen molar-refractivity contribution in [3.05, 3.63) is 175 Å². The van der Waals surface area contributed by atoms with Crippen molar-refractivity contribution in [3.8, 4) is 16.8 Å². The van der Waals surface area contributed by atoms with Gasteiger partial charge in [-0.3, -0.25) is 0 Å². The van der Waals surface area contributed by atoms with Crippen LogP contribution in [0.5, 0.6) is 0 Å². The second kappa shape index (κ2) is 12.0. The summed E-state index contributed by atoms with van der Waals surface area (Å²) in [5.41, 5.74) is 12.7. The number of benzene rings is 5. The third-order valence-corrected chi connectivity index (χ3v) is 12.1. The fourth-order valence-electron chi connectivity index (χ4n) is 9.90. The maximum Gasteiger partial charge on any atom is 0.0746 e. The van der Waals surface area contributed by atoms with Crippen molar-refractivity contribution in [2.45, 2.75) is 44.6 Å². The van der Waals surface area contributed by atoms with Crippen molar-refractivity contribution in [3.63, 3.8) is 0 Å². The van der Waals surface area contributed by atoms with Crippen LogP contribution >= 0.6 is 0 Å². The minimum absolute atomic E-state index is 0.309. The zero-order valence-corrected chi connectivity index (χ0v) is 29.2. The van der Waals surface area contributed by atoms with Gasteiger partial charge >= 0.3 is 0 Å². The summed E-state index contributed by atoms with van der Waals surface area (Å²) < 4.78 is 5.32. The van der Waals surface area contributed by atoms with Crippen molar-refractivity contribution in [1.29, 1.82) is 0 Å². The summed E-state index contributed by atoms with van der Waals surface area (Å²) in [5, 5.41) is 3.96. The number of para-hydroxylation sites is 4. The van der Waals surface area contributed by atoms with Crippen molar-refractivity contribution < 1.29 is 0 Å². The molecule has 0 saturated carbocycles. The lowest BCUT2D eigenvalue weighted by molar-refractivity contribution is 0.219. The van der Waals surface area contributed by atoms with Crippen molar-refractivity contribution >= 4 is 44.4 Å². The number of allylic oxidation sites excluding steroid dienone is 7. The fourth-order valence-corrected chi connectivity index (χ4v) is 9.90. The number of aromatic nitrogens is 2. The van der Waals surface area contributed by atoms with Crippen LogP contribution < -0.4 is 0 Å². The van der Waals surface area contributed by atoms with Gasteiger partial charge in [0.15, 0.2) is 0 Å². The van der Waals surface area contributed by atoms with E-state index in [9.17, 15) is 0 Å². The van der Waals surface area contributed by atoms with E-state index in [1.165, 1.54) is 78.3 Å². The predicted octanol–water partition coefficient (Wildman–Crippen LogP) is 12.7. The molecule has 0 N–H and O–H groups in total. The van der Waals surface area contributed by atoms with E-state index in [0.717, 1.165) is 25.7 Å². The Morgan fingerprint density at radius 3 is 2.06 bits per heavy atom. The van der Waals surface area contributed by atoms with Crippen molar-refractivity contribution in [1.82, 2.24) is 9.13 Å². The van der Waals surface area contributed by atoms with Gasteiger partial charge in [-0.1, -0.05) is 140 Å². The number of rotatable bonds is 5. The number of fused-ring (bicyclic) bond motifs is 6. The van der Waals surface area contributed by atoms with Crippen LogP contribution in [-0.2, 0) is 12.0 Å². The van der Waals surface area contributed by atoms with Crippen LogP contribution in [0.2, 0.25) is 0 Å². The molecule has 2 unspecified atom stereocenters. The largest absolute Gasteiger partial charge is 0.330 e. The highest BCUT2D eigenvalue weighted by molar-refractivity contribution is 6.10. The van der Waals surface area contributed by atoms with E-state index >= 15 is 0 Å². The first-order valence-electron chi connectivity index (χ1n) is 18.7. The van der Waals surface area contributed by atoms with Crippen LogP contribution in [0.4, 0.5) is 0 Å². The monoisotopic (exact) mass is 658 g/mol. The van der Waals surface area contributed by atoms with Gasteiger partial charge in [-0.05, 0) is 85.9 Å². The van der Waals surface area contributed by atoms with Gasteiger partial charge in [0.2, 0.25) is 0 Å². The highest BCUT2D eigenvalue weighted by Crippen LogP contribution is 2.54. The van der Waals surface area contributed by atoms with Gasteiger partial charge < -0.3 is 9.13 Å². The Morgan fingerprint density at radius 2 is 1.31 bits per heavy atom. The average molecular weight is 659 g/mol. The predicted molar refractivity (Wildman–Crippen MR) is 216 cm³/mol. The second-order valence-corrected chi connectivity index (χ2v) is 14.8. The van der Waals surface area contributed by atoms with E-state index in [1.54, 1.807) is 0 Å². The van der Waals surface area contributed by atoms with Gasteiger partial charge in [0.25, 0.3) is 0 Å². The first-order chi connectivity index (χ1) is 25.2. The fraction of sp³-hybridized carbons (Fsp3) is 0.184. The molecule has 2 heteroatoms. The zero-order chi connectivity index (χ0) is 33.9. The van der Waals surface area contributed by atoms with E-state index in [-0.39, 0.29) is 5.54 Å². The normalized spacial score (nSPS) is 21.4. The molecular weight excluding hydrogens is 617 g/mol. The van der Waals surface area contributed by atoms with E-state index in [4.69, 9.17) is 0 Å². The molecule has 3 aliphatic rings. The van der Waals surface area contributed by atoms with Gasteiger partial charge in [-0.2, -0.15) is 0 Å². The van der Waals surface area contributed by atoms with Crippen molar-refractivity contribution in [2.75, 3.05) is 0 Å². The Hall–Kier alpha value is -5.60. The zero-order valence-electron chi connectivity index (χ0n) is 29.2. The Kier molecular flexibility index (Phi) is 7.13. The molecule has 2 nitrogen and oxygen atoms in total. The highest BCUT2D eigenvalue weighted by Gasteiger charge is 2.46. The van der Waals surface area contributed by atoms with Gasteiger partial charge in [0.05, 0.1) is 22.3 Å². The molecule has 5 aromatic carbocycles. The Labute approximate surface area is 300 Å². The number of nitrogens with zero attached hydrogens (tertiary/aromatic N) is 2. The highest BCUT2D eigenvalue weighted by atomic mass is 15.1. The molecule has 0 aliphatic heterocycles. The van der Waals surface area contributed by atoms with Gasteiger partial charge in [0.1, 0.15) is 0 Å². The molecule has 51 heavy (non-hydrogen) atoms. The lowest BCUT2D eigenvalue weighted by Gasteiger charge is -2.47. The molecule has 0 bridgehead atoms. The van der Waals surface area contributed by atoms with Gasteiger partial charge in [-0.15, -0.1) is 0 Å². The maximum atomic E-state index is 2.76. The van der Waals surface area contributed by atoms with Crippen LogP contribution in [0.1, 0.15) is 49.4 Å². The van der Waals surface area contributed by atoms with Crippen LogP contribution in [0.15, 0.2) is 158 Å². The van der Waals surface area contributed by atoms with E-state index in [2.05, 4.69) is 180 Å². The molecule has 0 amide bonds. The minimum Gasteiger partial charge on any atom is -0.330 e. The number of hydrogen-bond acceptors (Lipinski definition) is 0. The SMILES string of the molecule is CC1(n2c3c(c4ccccc42)CCC=C3)C(c2cccc(-c3ccccc3)c2-n2c3ccccc3c3ccccc32)=CC=CC1[C@@H]1CC=CCC1. The van der Waals surface area contributed by atoms with E-state index in [1.807, 2.05) is 0 Å². The third-order valence-electron chi connectivity index (χ3n) is 12.1. The van der Waals surface area contributed by atoms with Gasteiger partial charge in [-0.25, -0.2) is 0 Å². The topological polar surface area (TPSA) is 9.86 Å². The molecule has 0 radical (unpaired) electrons. The molecule has 0 spiro atoms. The number of hydrogen-bond donors (Lipinski definition) is 0. The molecule has 7 aromatic rings. The van der Waals surface area contributed by atoms with Crippen molar-refractivity contribution in [2.24, 2.45) is 11.8 Å². The molecule has 10 rings (SSSR count). The molecule has 3 aliphatic carbocycles. The first kappa shape index (κ1) is 30.2. The summed E-state index contributed by atoms with van der Waals surface area (Å²) in [6.45, 7) is 2.56. The van der Waals surface area contributed by atoms with Gasteiger partial charge in [0, 0.05) is 44.4 Å². The molecule has 2 heterocycles. The molecular formula is C49H42N2. The van der Waals surface area contributed by atoms with Crippen LogP contribution in [0.25, 0.3) is 61.2 Å². The van der Waals surface area contributed by atoms with Crippen LogP contribution in [-0.4, -0.2) is 9.13 Å². The maximum absolute atomic E-state index is 2.76. The molecule has 248 valence electrons. The standard InChI is InChI=1S/C49H42N2/c1-49(51-46-32-14-10-24-39(46)40-25-11-15-33-47(40)51)42(35-20-6-3-7-21-35)28-17-29-43(49)41-27-16-26-36(34-18-4-2-5-19-34)48(41)50-44-30-12-8-22-37(44)38-23-9-13-31-45(38)50/h2-6,8-10,12-19,22-24,26-33,35,42H,7,11,20-21,25H2,1H3/t35-,42?,49?/m1/s1. The summed E-state index contributed by atoms with van der Waals surface area (Å²) in [5.74, 6) is 0.849. The Bertz CT molecular complexity index is 2530. The molecule has 0 fully saturated rings. The molecule has 0 saturated heterocycles. The average Bonchev–Trinajstić information content (AvgIpc) is 3.72. The minimum atomic E-state index is -0.359. The summed E-state index contributed by atoms with van der Waals surface area (Å²) in [6, 6.07) is 45.1. The number of aryl methyl sites for hydroxylation is 1. The summed E-state index contributed by atoms with van der Waals surface area (Å²) >= 11 is 0. The first-order valence-corrected chi connectivity index (χ1v) is 18.7.